The summed E-state index contributed by atoms with van der Waals surface area (Å²) < 4.78 is 57.2. The van der Waals surface area contributed by atoms with Gasteiger partial charge in [-0.2, -0.15) is 0 Å². The molecule has 0 saturated heterocycles. The van der Waals surface area contributed by atoms with E-state index in [1.54, 1.807) is 64.0 Å². The van der Waals surface area contributed by atoms with E-state index in [9.17, 15) is 0 Å². The van der Waals surface area contributed by atoms with Gasteiger partial charge in [0.25, 0.3) is 0 Å². The van der Waals surface area contributed by atoms with Crippen LogP contribution in [0.1, 0.15) is 61.1 Å². The molecule has 4 rings (SSSR count). The molecule has 0 heterocycles. The van der Waals surface area contributed by atoms with Crippen LogP contribution in [0.4, 0.5) is 0 Å². The van der Waals surface area contributed by atoms with Gasteiger partial charge in [0.15, 0.2) is 0 Å². The maximum atomic E-state index is 6.29. The molecule has 1 aliphatic rings. The first kappa shape index (κ1) is 51.2. The van der Waals surface area contributed by atoms with Gasteiger partial charge in [-0.3, -0.25) is 0 Å². The van der Waals surface area contributed by atoms with Crippen LogP contribution in [-0.2, 0) is 20.4 Å². The molecule has 0 bridgehead atoms. The normalized spacial score (nSPS) is 15.0. The third kappa shape index (κ3) is 6.74. The van der Waals surface area contributed by atoms with Gasteiger partial charge in [-0.25, -0.2) is 0 Å². The van der Waals surface area contributed by atoms with Crippen molar-refractivity contribution in [2.45, 2.75) is 74.3 Å². The number of methoxy groups -OCH3 is 9. The minimum absolute atomic E-state index is 0. The first-order valence-corrected chi connectivity index (χ1v) is 20.3. The summed E-state index contributed by atoms with van der Waals surface area (Å²) in [4.78, 5) is 0. The molecule has 9 nitrogen and oxygen atoms in total. The molecule has 3 aromatic carbocycles. The molecule has 14 heteroatoms. The molecule has 0 fully saturated rings. The van der Waals surface area contributed by atoms with Gasteiger partial charge in [0.2, 0.25) is 0 Å². The van der Waals surface area contributed by atoms with Gasteiger partial charge in [0.1, 0.15) is 0 Å². The quantitative estimate of drug-likeness (QED) is 0.144. The second-order valence-corrected chi connectivity index (χ2v) is 18.6. The van der Waals surface area contributed by atoms with Crippen molar-refractivity contribution >= 4 is 23.6 Å². The van der Waals surface area contributed by atoms with E-state index >= 15 is 0 Å². The molecule has 0 aromatic heterocycles. The predicted molar refractivity (Wildman–Crippen MR) is 211 cm³/mol. The number of benzene rings is 3. The van der Waals surface area contributed by atoms with Crippen molar-refractivity contribution in [3.63, 3.8) is 0 Å². The zero-order valence-electron chi connectivity index (χ0n) is 36.3. The molecule has 1 aliphatic carbocycles. The summed E-state index contributed by atoms with van der Waals surface area (Å²) in [6.45, 7) is 21.9. The maximum Gasteiger partial charge on any atom is -1.00 e. The van der Waals surface area contributed by atoms with Crippen molar-refractivity contribution < 1.29 is 100 Å². The SMILES string of the molecule is COc1c(C)c([Si](c2c(C)c(OC)c(OC)c(OC)c2C)(c2c(C)c(OC)c(OC)c(OC)c2C)C2(C)C(C)=C(C)C(C)=[C]2[Ti+3])c(C)c(OC)c1OC.[Cl-].[Cl-].[Cl-]. The van der Waals surface area contributed by atoms with E-state index in [2.05, 4.69) is 89.7 Å². The van der Waals surface area contributed by atoms with Gasteiger partial charge < -0.3 is 37.2 Å². The molecule has 0 radical (unpaired) electrons. The summed E-state index contributed by atoms with van der Waals surface area (Å²) in [6, 6.07) is 0. The number of halogens is 3. The first-order valence-electron chi connectivity index (χ1n) is 17.5. The number of rotatable bonds is 13. The van der Waals surface area contributed by atoms with Crippen molar-refractivity contribution in [2.24, 2.45) is 0 Å². The molecule has 0 N–H and O–H groups in total. The predicted octanol–water partition coefficient (Wildman–Crippen LogP) is -1.97. The summed E-state index contributed by atoms with van der Waals surface area (Å²) in [7, 11) is 11.3. The van der Waals surface area contributed by atoms with Crippen LogP contribution in [0.5, 0.6) is 51.7 Å². The first-order chi connectivity index (χ1) is 25.0. The minimum Gasteiger partial charge on any atom is -1.00 e. The van der Waals surface area contributed by atoms with Crippen LogP contribution in [0.25, 0.3) is 0 Å². The van der Waals surface area contributed by atoms with E-state index in [4.69, 9.17) is 42.6 Å². The number of hydrogen-bond acceptors (Lipinski definition) is 9. The van der Waals surface area contributed by atoms with Gasteiger partial charge in [-0.05, 0) is 0 Å². The van der Waals surface area contributed by atoms with Gasteiger partial charge >= 0.3 is 331 Å². The van der Waals surface area contributed by atoms with Gasteiger partial charge in [0.05, 0.1) is 0 Å². The van der Waals surface area contributed by atoms with Crippen LogP contribution in [0.2, 0.25) is 5.04 Å². The Hall–Kier alpha value is -2.86. The van der Waals surface area contributed by atoms with Crippen molar-refractivity contribution in [3.8, 4) is 51.7 Å². The fraction of sp³-hybridized carbons (Fsp3) is 0.476. The summed E-state index contributed by atoms with van der Waals surface area (Å²) >= 11 is 2.28. The van der Waals surface area contributed by atoms with E-state index in [0.717, 1.165) is 48.9 Å². The molecule has 0 saturated carbocycles. The van der Waals surface area contributed by atoms with E-state index < -0.39 is 13.1 Å². The Kier molecular flexibility index (Phi) is 17.6. The van der Waals surface area contributed by atoms with Crippen LogP contribution < -0.4 is 95.4 Å². The Morgan fingerprint density at radius 3 is 0.696 bits per heavy atom. The number of hydrogen-bond donors (Lipinski definition) is 0. The third-order valence-corrected chi connectivity index (χ3v) is 20.4. The molecule has 56 heavy (non-hydrogen) atoms. The Morgan fingerprint density at radius 2 is 0.554 bits per heavy atom. The molecule has 0 spiro atoms. The van der Waals surface area contributed by atoms with Gasteiger partial charge in [0, 0.05) is 0 Å². The van der Waals surface area contributed by atoms with Crippen LogP contribution in [0, 0.1) is 41.5 Å². The number of allylic oxidation sites excluding steroid dienone is 4. The van der Waals surface area contributed by atoms with E-state index in [-0.39, 0.29) is 37.2 Å². The molecule has 3 aromatic rings. The maximum absolute atomic E-state index is 6.29. The van der Waals surface area contributed by atoms with Crippen LogP contribution in [-0.4, -0.2) is 72.1 Å². The van der Waals surface area contributed by atoms with E-state index in [1.165, 1.54) is 20.6 Å². The Bertz CT molecular complexity index is 1750. The Balaban J connectivity index is 0.00000523. The summed E-state index contributed by atoms with van der Waals surface area (Å²) in [5, 5.41) is 2.71. The average Bonchev–Trinajstić information content (AvgIpc) is 3.29. The second kappa shape index (κ2) is 19.3. The second-order valence-electron chi connectivity index (χ2n) is 13.8. The van der Waals surface area contributed by atoms with Gasteiger partial charge in [-0.15, -0.1) is 0 Å². The van der Waals surface area contributed by atoms with Crippen LogP contribution in [0.15, 0.2) is 20.6 Å². The van der Waals surface area contributed by atoms with Crippen molar-refractivity contribution in [3.05, 3.63) is 54.0 Å². The monoisotopic (exact) mass is 886 g/mol. The molecule has 1 unspecified atom stereocenters. The summed E-state index contributed by atoms with van der Waals surface area (Å²) in [5.74, 6) is 5.23. The smallest absolute Gasteiger partial charge is 1.00 e. The van der Waals surface area contributed by atoms with Crippen molar-refractivity contribution in [2.75, 3.05) is 64.0 Å². The molecule has 0 aliphatic heterocycles. The van der Waals surface area contributed by atoms with Crippen LogP contribution in [0.3, 0.4) is 0 Å². The summed E-state index contributed by atoms with van der Waals surface area (Å²) in [6.07, 6.45) is 0. The standard InChI is InChI=1S/C42H57O9Si.3ClH.Ti/c1-21-20-42(10,29(9)22(21)2)52(39-23(3)30(43-11)36(49-17)31(44-12)24(39)4,40-25(5)32(45-13)37(50-18)33(46-14)26(40)6)41-27(7)34(47-15)38(51-19)35(48-16)28(41)8;;;;/h1-19H3;3*1H;/q;;;;+3/p-3. The van der Waals surface area contributed by atoms with Gasteiger partial charge in [-0.1, -0.05) is 0 Å². The number of ether oxygens (including phenoxy) is 9. The molecular weight excluding hydrogens is 831 g/mol. The largest absolute Gasteiger partial charge is 1.00 e. The Labute approximate surface area is 365 Å². The average molecular weight is 888 g/mol. The van der Waals surface area contributed by atoms with E-state index in [0.29, 0.717) is 51.7 Å². The zero-order chi connectivity index (χ0) is 40.1. The van der Waals surface area contributed by atoms with Crippen LogP contribution >= 0.6 is 0 Å². The van der Waals surface area contributed by atoms with Crippen molar-refractivity contribution in [1.82, 2.24) is 0 Å². The zero-order valence-corrected chi connectivity index (χ0v) is 41.1. The molecule has 308 valence electrons. The molecule has 1 atom stereocenters. The summed E-state index contributed by atoms with van der Waals surface area (Å²) in [5.41, 5.74) is 9.45. The topological polar surface area (TPSA) is 83.1 Å². The molecule has 0 amide bonds. The fourth-order valence-corrected chi connectivity index (χ4v) is 18.7. The fourth-order valence-electron chi connectivity index (χ4n) is 9.57. The minimum atomic E-state index is -3.75. The molecular formula is C42H57Cl3O9SiTi. The Morgan fingerprint density at radius 1 is 0.357 bits per heavy atom. The van der Waals surface area contributed by atoms with Crippen molar-refractivity contribution in [1.29, 1.82) is 0 Å². The third-order valence-electron chi connectivity index (χ3n) is 12.0. The van der Waals surface area contributed by atoms with E-state index in [1.807, 2.05) is 0 Å².